The van der Waals surface area contributed by atoms with Crippen LogP contribution in [-0.4, -0.2) is 54.6 Å². The van der Waals surface area contributed by atoms with E-state index in [1.54, 1.807) is 29.9 Å². The van der Waals surface area contributed by atoms with Crippen LogP contribution in [0.4, 0.5) is 4.79 Å². The van der Waals surface area contributed by atoms with Crippen LogP contribution in [0.25, 0.3) is 16.9 Å². The number of benzene rings is 2. The fourth-order valence-electron chi connectivity index (χ4n) is 3.56. The SMILES string of the molecule is CCOC(=O)C1=C(COC(=O)c2cn(-c3ccccc3)nc2-c2ccccc2OC)NC(=O)NC1. The first kappa shape index (κ1) is 23.6. The Kier molecular flexibility index (Phi) is 7.10. The van der Waals surface area contributed by atoms with E-state index in [1.807, 2.05) is 42.5 Å². The van der Waals surface area contributed by atoms with Crippen LogP contribution in [-0.2, 0) is 14.3 Å². The molecule has 0 saturated heterocycles. The highest BCUT2D eigenvalue weighted by Crippen LogP contribution is 2.32. The van der Waals surface area contributed by atoms with E-state index >= 15 is 0 Å². The van der Waals surface area contributed by atoms with Crippen molar-refractivity contribution in [1.82, 2.24) is 20.4 Å². The van der Waals surface area contributed by atoms with Crippen LogP contribution in [0.2, 0.25) is 0 Å². The average Bonchev–Trinajstić information content (AvgIpc) is 3.33. The zero-order valence-corrected chi connectivity index (χ0v) is 19.2. The summed E-state index contributed by atoms with van der Waals surface area (Å²) >= 11 is 0. The van der Waals surface area contributed by atoms with Crippen molar-refractivity contribution in [3.63, 3.8) is 0 Å². The van der Waals surface area contributed by atoms with Crippen LogP contribution in [0.5, 0.6) is 5.75 Å². The van der Waals surface area contributed by atoms with Gasteiger partial charge in [0.2, 0.25) is 0 Å². The van der Waals surface area contributed by atoms with Crippen molar-refractivity contribution in [3.05, 3.63) is 77.6 Å². The van der Waals surface area contributed by atoms with Crippen molar-refractivity contribution in [3.8, 4) is 22.7 Å². The van der Waals surface area contributed by atoms with Gasteiger partial charge in [0.25, 0.3) is 0 Å². The molecule has 4 rings (SSSR count). The Labute approximate surface area is 201 Å². The lowest BCUT2D eigenvalue weighted by atomic mass is 10.1. The maximum atomic E-state index is 13.2. The standard InChI is InChI=1S/C25H24N4O6/c1-3-34-23(30)18-13-26-25(32)27-20(18)15-35-24(31)19-14-29(16-9-5-4-6-10-16)28-22(19)17-11-7-8-12-21(17)33-2/h4-12,14H,3,13,15H2,1-2H3,(H2,26,27,32). The number of esters is 2. The van der Waals surface area contributed by atoms with E-state index in [9.17, 15) is 14.4 Å². The maximum Gasteiger partial charge on any atom is 0.342 e. The number of nitrogens with one attached hydrogen (secondary N) is 2. The first-order valence-corrected chi connectivity index (χ1v) is 10.9. The smallest absolute Gasteiger partial charge is 0.342 e. The number of carbonyl (C=O) groups is 3. The lowest BCUT2D eigenvalue weighted by Crippen LogP contribution is -2.45. The molecule has 1 aliphatic heterocycles. The molecule has 0 radical (unpaired) electrons. The number of hydrogen-bond donors (Lipinski definition) is 2. The summed E-state index contributed by atoms with van der Waals surface area (Å²) in [6.45, 7) is 1.49. The molecule has 35 heavy (non-hydrogen) atoms. The summed E-state index contributed by atoms with van der Waals surface area (Å²) in [5.41, 5.74) is 2.26. The molecule has 2 aromatic carbocycles. The van der Waals surface area contributed by atoms with Crippen molar-refractivity contribution in [2.45, 2.75) is 6.92 Å². The maximum absolute atomic E-state index is 13.2. The van der Waals surface area contributed by atoms with Crippen molar-refractivity contribution in [1.29, 1.82) is 0 Å². The molecule has 3 aromatic rings. The number of methoxy groups -OCH3 is 1. The minimum Gasteiger partial charge on any atom is -0.496 e. The van der Waals surface area contributed by atoms with E-state index < -0.39 is 18.0 Å². The molecule has 0 spiro atoms. The van der Waals surface area contributed by atoms with E-state index in [2.05, 4.69) is 15.7 Å². The summed E-state index contributed by atoms with van der Waals surface area (Å²) in [6, 6.07) is 16.0. The molecule has 1 aliphatic rings. The third-order valence-electron chi connectivity index (χ3n) is 5.24. The number of para-hydroxylation sites is 2. The molecule has 2 amide bonds. The lowest BCUT2D eigenvalue weighted by molar-refractivity contribution is -0.138. The van der Waals surface area contributed by atoms with E-state index in [0.717, 1.165) is 5.69 Å². The molecule has 2 heterocycles. The number of ether oxygens (including phenoxy) is 3. The molecular formula is C25H24N4O6. The van der Waals surface area contributed by atoms with Gasteiger partial charge in [0, 0.05) is 11.8 Å². The van der Waals surface area contributed by atoms with Gasteiger partial charge in [0.1, 0.15) is 23.6 Å². The quantitative estimate of drug-likeness (QED) is 0.480. The molecule has 0 bridgehead atoms. The molecular weight excluding hydrogens is 452 g/mol. The number of amides is 2. The van der Waals surface area contributed by atoms with Crippen molar-refractivity contribution < 1.29 is 28.6 Å². The Morgan fingerprint density at radius 2 is 1.77 bits per heavy atom. The Hall–Kier alpha value is -4.60. The number of urea groups is 1. The van der Waals surface area contributed by atoms with Crippen LogP contribution >= 0.6 is 0 Å². The predicted octanol–water partition coefficient (Wildman–Crippen LogP) is 2.83. The highest BCUT2D eigenvalue weighted by atomic mass is 16.5. The highest BCUT2D eigenvalue weighted by molar-refractivity contribution is 5.97. The highest BCUT2D eigenvalue weighted by Gasteiger charge is 2.26. The minimum absolute atomic E-state index is 0.0318. The van der Waals surface area contributed by atoms with E-state index in [4.69, 9.17) is 14.2 Å². The molecule has 0 atom stereocenters. The molecule has 180 valence electrons. The summed E-state index contributed by atoms with van der Waals surface area (Å²) in [6.07, 6.45) is 1.57. The number of rotatable bonds is 8. The monoisotopic (exact) mass is 476 g/mol. The summed E-state index contributed by atoms with van der Waals surface area (Å²) < 4.78 is 17.6. The van der Waals surface area contributed by atoms with E-state index in [0.29, 0.717) is 17.0 Å². The molecule has 1 aromatic heterocycles. The van der Waals surface area contributed by atoms with Gasteiger partial charge in [0.15, 0.2) is 0 Å². The van der Waals surface area contributed by atoms with E-state index in [1.165, 1.54) is 7.11 Å². The number of hydrogen-bond acceptors (Lipinski definition) is 7. The Morgan fingerprint density at radius 1 is 1.03 bits per heavy atom. The van der Waals surface area contributed by atoms with Crippen LogP contribution in [0.3, 0.4) is 0 Å². The van der Waals surface area contributed by atoms with Crippen molar-refractivity contribution in [2.24, 2.45) is 0 Å². The summed E-state index contributed by atoms with van der Waals surface area (Å²) in [5, 5.41) is 9.65. The summed E-state index contributed by atoms with van der Waals surface area (Å²) in [7, 11) is 1.54. The third-order valence-corrected chi connectivity index (χ3v) is 5.24. The second kappa shape index (κ2) is 10.6. The minimum atomic E-state index is -0.684. The van der Waals surface area contributed by atoms with E-state index in [-0.39, 0.29) is 36.6 Å². The summed E-state index contributed by atoms with van der Waals surface area (Å²) in [5.74, 6) is -0.743. The van der Waals surface area contributed by atoms with Crippen LogP contribution in [0.15, 0.2) is 72.1 Å². The molecule has 10 heteroatoms. The molecule has 2 N–H and O–H groups in total. The van der Waals surface area contributed by atoms with Crippen molar-refractivity contribution >= 4 is 18.0 Å². The van der Waals surface area contributed by atoms with Gasteiger partial charge >= 0.3 is 18.0 Å². The topological polar surface area (TPSA) is 121 Å². The van der Waals surface area contributed by atoms with Gasteiger partial charge < -0.3 is 24.8 Å². The molecule has 0 fully saturated rings. The molecule has 10 nitrogen and oxygen atoms in total. The molecule has 0 saturated carbocycles. The first-order chi connectivity index (χ1) is 17.0. The summed E-state index contributed by atoms with van der Waals surface area (Å²) in [4.78, 5) is 37.3. The molecule has 0 unspecified atom stereocenters. The normalized spacial score (nSPS) is 13.0. The Balaban J connectivity index is 1.68. The zero-order valence-electron chi connectivity index (χ0n) is 19.2. The second-order valence-electron chi connectivity index (χ2n) is 7.43. The van der Waals surface area contributed by atoms with Crippen LogP contribution in [0, 0.1) is 0 Å². The number of nitrogens with zero attached hydrogens (tertiary/aromatic N) is 2. The van der Waals surface area contributed by atoms with Crippen LogP contribution in [0.1, 0.15) is 17.3 Å². The number of carbonyl (C=O) groups excluding carboxylic acids is 3. The lowest BCUT2D eigenvalue weighted by Gasteiger charge is -2.21. The van der Waals surface area contributed by atoms with Gasteiger partial charge in [-0.3, -0.25) is 0 Å². The first-order valence-electron chi connectivity index (χ1n) is 10.9. The fraction of sp³-hybridized carbons (Fsp3) is 0.200. The van der Waals surface area contributed by atoms with Gasteiger partial charge in [-0.1, -0.05) is 30.3 Å². The van der Waals surface area contributed by atoms with Crippen LogP contribution < -0.4 is 15.4 Å². The Bertz CT molecular complexity index is 1280. The zero-order chi connectivity index (χ0) is 24.8. The third kappa shape index (κ3) is 5.16. The van der Waals surface area contributed by atoms with Gasteiger partial charge in [-0.05, 0) is 31.2 Å². The largest absolute Gasteiger partial charge is 0.496 e. The van der Waals surface area contributed by atoms with Gasteiger partial charge in [-0.15, -0.1) is 0 Å². The average molecular weight is 476 g/mol. The predicted molar refractivity (Wildman–Crippen MR) is 126 cm³/mol. The molecule has 0 aliphatic carbocycles. The van der Waals surface area contributed by atoms with Gasteiger partial charge in [-0.2, -0.15) is 5.10 Å². The number of aromatic nitrogens is 2. The fourth-order valence-corrected chi connectivity index (χ4v) is 3.56. The van der Waals surface area contributed by atoms with Gasteiger partial charge in [0.05, 0.1) is 37.2 Å². The Morgan fingerprint density at radius 3 is 2.51 bits per heavy atom. The van der Waals surface area contributed by atoms with Crippen molar-refractivity contribution in [2.75, 3.05) is 26.9 Å². The van der Waals surface area contributed by atoms with Gasteiger partial charge in [-0.25, -0.2) is 19.1 Å². The second-order valence-corrected chi connectivity index (χ2v) is 7.43.